The van der Waals surface area contributed by atoms with Gasteiger partial charge in [0.1, 0.15) is 5.82 Å². The molecule has 1 N–H and O–H groups in total. The molecule has 0 saturated heterocycles. The summed E-state index contributed by atoms with van der Waals surface area (Å²) in [6, 6.07) is 4.44. The molecule has 0 aliphatic heterocycles. The molecule has 2 rings (SSSR count). The van der Waals surface area contributed by atoms with Gasteiger partial charge in [-0.3, -0.25) is 4.57 Å². The molecule has 19 heavy (non-hydrogen) atoms. The molecule has 0 amide bonds. The Bertz CT molecular complexity index is 558. The van der Waals surface area contributed by atoms with Crippen molar-refractivity contribution in [2.75, 3.05) is 11.9 Å². The average Bonchev–Trinajstić information content (AvgIpc) is 2.66. The van der Waals surface area contributed by atoms with Gasteiger partial charge in [-0.25, -0.2) is 9.37 Å². The largest absolute Gasteiger partial charge is 0.355 e. The van der Waals surface area contributed by atoms with Crippen LogP contribution in [0.2, 0.25) is 5.02 Å². The number of rotatable bonds is 4. The highest BCUT2D eigenvalue weighted by Gasteiger charge is 2.09. The van der Waals surface area contributed by atoms with Crippen molar-refractivity contribution in [2.24, 2.45) is 5.92 Å². The van der Waals surface area contributed by atoms with E-state index in [0.717, 1.165) is 12.2 Å². The maximum atomic E-state index is 13.4. The van der Waals surface area contributed by atoms with E-state index in [9.17, 15) is 4.39 Å². The zero-order chi connectivity index (χ0) is 14.0. The number of halogens is 2. The molecule has 0 aliphatic carbocycles. The molecule has 0 saturated carbocycles. The van der Waals surface area contributed by atoms with E-state index in [1.54, 1.807) is 6.07 Å². The molecule has 0 fully saturated rings. The molecule has 5 heteroatoms. The molecule has 3 nitrogen and oxygen atoms in total. The summed E-state index contributed by atoms with van der Waals surface area (Å²) in [5.41, 5.74) is 1.53. The number of anilines is 1. The van der Waals surface area contributed by atoms with Gasteiger partial charge in [0.25, 0.3) is 0 Å². The summed E-state index contributed by atoms with van der Waals surface area (Å²) in [7, 11) is 0. The minimum absolute atomic E-state index is 0.358. The number of hydrogen-bond acceptors (Lipinski definition) is 2. The van der Waals surface area contributed by atoms with Gasteiger partial charge < -0.3 is 5.32 Å². The van der Waals surface area contributed by atoms with E-state index in [-0.39, 0.29) is 5.82 Å². The zero-order valence-electron chi connectivity index (χ0n) is 11.2. The summed E-state index contributed by atoms with van der Waals surface area (Å²) < 4.78 is 15.2. The smallest absolute Gasteiger partial charge is 0.207 e. The molecule has 2 aromatic rings. The van der Waals surface area contributed by atoms with Crippen LogP contribution in [0.1, 0.15) is 19.5 Å². The average molecular weight is 282 g/mol. The molecule has 102 valence electrons. The van der Waals surface area contributed by atoms with E-state index in [4.69, 9.17) is 11.6 Å². The maximum Gasteiger partial charge on any atom is 0.207 e. The van der Waals surface area contributed by atoms with E-state index in [2.05, 4.69) is 24.1 Å². The standard InChI is InChI=1S/C14H17ClFN3/c1-9(2)7-17-14-18-10(3)8-19(14)13-5-11(15)4-12(16)6-13/h4-6,8-9H,7H2,1-3H3,(H,17,18). The van der Waals surface area contributed by atoms with Crippen LogP contribution in [0.15, 0.2) is 24.4 Å². The Morgan fingerprint density at radius 1 is 1.37 bits per heavy atom. The van der Waals surface area contributed by atoms with Crippen LogP contribution in [0.25, 0.3) is 5.69 Å². The lowest BCUT2D eigenvalue weighted by Crippen LogP contribution is -2.12. The van der Waals surface area contributed by atoms with Crippen LogP contribution < -0.4 is 5.32 Å². The first-order valence-corrected chi connectivity index (χ1v) is 6.60. The second-order valence-electron chi connectivity index (χ2n) is 4.98. The zero-order valence-corrected chi connectivity index (χ0v) is 12.0. The minimum Gasteiger partial charge on any atom is -0.355 e. The van der Waals surface area contributed by atoms with Crippen molar-refractivity contribution in [1.82, 2.24) is 9.55 Å². The number of aryl methyl sites for hydroxylation is 1. The van der Waals surface area contributed by atoms with Crippen molar-refractivity contribution in [3.63, 3.8) is 0 Å². The van der Waals surface area contributed by atoms with Crippen LogP contribution in [0, 0.1) is 18.7 Å². The third kappa shape index (κ3) is 3.47. The number of hydrogen-bond donors (Lipinski definition) is 1. The summed E-state index contributed by atoms with van der Waals surface area (Å²) in [6.07, 6.45) is 1.85. The van der Waals surface area contributed by atoms with Gasteiger partial charge in [-0.1, -0.05) is 25.4 Å². The third-order valence-corrected chi connectivity index (χ3v) is 2.84. The molecule has 0 radical (unpaired) electrons. The summed E-state index contributed by atoms with van der Waals surface area (Å²) >= 11 is 5.89. The first-order chi connectivity index (χ1) is 8.95. The molecule has 1 aromatic carbocycles. The van der Waals surface area contributed by atoms with E-state index >= 15 is 0 Å². The SMILES string of the molecule is Cc1cn(-c2cc(F)cc(Cl)c2)c(NCC(C)C)n1. The fraction of sp³-hybridized carbons (Fsp3) is 0.357. The fourth-order valence-corrected chi connectivity index (χ4v) is 2.01. The molecule has 0 unspecified atom stereocenters. The van der Waals surface area contributed by atoms with Crippen LogP contribution in [0.4, 0.5) is 10.3 Å². The predicted octanol–water partition coefficient (Wildman–Crippen LogP) is 4.04. The lowest BCUT2D eigenvalue weighted by molar-refractivity contribution is 0.626. The highest BCUT2D eigenvalue weighted by atomic mass is 35.5. The Labute approximate surface area is 117 Å². The van der Waals surface area contributed by atoms with Gasteiger partial charge in [-0.2, -0.15) is 0 Å². The Hall–Kier alpha value is -1.55. The van der Waals surface area contributed by atoms with Crippen molar-refractivity contribution >= 4 is 17.5 Å². The number of aromatic nitrogens is 2. The van der Waals surface area contributed by atoms with Crippen molar-refractivity contribution in [2.45, 2.75) is 20.8 Å². The molecule has 1 heterocycles. The lowest BCUT2D eigenvalue weighted by atomic mass is 10.2. The monoisotopic (exact) mass is 281 g/mol. The van der Waals surface area contributed by atoms with Crippen molar-refractivity contribution in [3.8, 4) is 5.69 Å². The van der Waals surface area contributed by atoms with Crippen LogP contribution in [-0.2, 0) is 0 Å². The predicted molar refractivity (Wildman–Crippen MR) is 76.6 cm³/mol. The van der Waals surface area contributed by atoms with E-state index in [1.807, 2.05) is 17.7 Å². The second kappa shape index (κ2) is 5.61. The van der Waals surface area contributed by atoms with E-state index in [1.165, 1.54) is 12.1 Å². The van der Waals surface area contributed by atoms with E-state index in [0.29, 0.717) is 22.6 Å². The third-order valence-electron chi connectivity index (χ3n) is 2.62. The van der Waals surface area contributed by atoms with Crippen LogP contribution in [-0.4, -0.2) is 16.1 Å². The normalized spacial score (nSPS) is 11.1. The van der Waals surface area contributed by atoms with Crippen molar-refractivity contribution < 1.29 is 4.39 Å². The number of imidazole rings is 1. The summed E-state index contributed by atoms with van der Waals surface area (Å²) in [5, 5.41) is 3.63. The summed E-state index contributed by atoms with van der Waals surface area (Å²) in [4.78, 5) is 4.40. The molecular formula is C14H17ClFN3. The second-order valence-corrected chi connectivity index (χ2v) is 5.41. The van der Waals surface area contributed by atoms with Crippen molar-refractivity contribution in [3.05, 3.63) is 40.9 Å². The first-order valence-electron chi connectivity index (χ1n) is 6.22. The Morgan fingerprint density at radius 3 is 2.74 bits per heavy atom. The van der Waals surface area contributed by atoms with Crippen molar-refractivity contribution in [1.29, 1.82) is 0 Å². The number of nitrogens with zero attached hydrogens (tertiary/aromatic N) is 2. The molecule has 0 spiro atoms. The quantitative estimate of drug-likeness (QED) is 0.916. The van der Waals surface area contributed by atoms with Gasteiger partial charge in [0.05, 0.1) is 11.4 Å². The summed E-state index contributed by atoms with van der Waals surface area (Å²) in [6.45, 7) is 6.94. The molecule has 0 bridgehead atoms. The Balaban J connectivity index is 2.37. The van der Waals surface area contributed by atoms with Gasteiger partial charge in [-0.15, -0.1) is 0 Å². The topological polar surface area (TPSA) is 29.9 Å². The molecule has 1 aromatic heterocycles. The molecule has 0 aliphatic rings. The fourth-order valence-electron chi connectivity index (χ4n) is 1.79. The number of benzene rings is 1. The maximum absolute atomic E-state index is 13.4. The van der Waals surface area contributed by atoms with Gasteiger partial charge in [-0.05, 0) is 31.0 Å². The molecule has 0 atom stereocenters. The van der Waals surface area contributed by atoms with Gasteiger partial charge in [0.15, 0.2) is 0 Å². The lowest BCUT2D eigenvalue weighted by Gasteiger charge is -2.11. The van der Waals surface area contributed by atoms with Gasteiger partial charge in [0.2, 0.25) is 5.95 Å². The molecular weight excluding hydrogens is 265 g/mol. The van der Waals surface area contributed by atoms with E-state index < -0.39 is 0 Å². The minimum atomic E-state index is -0.358. The number of nitrogens with one attached hydrogen (secondary N) is 1. The van der Waals surface area contributed by atoms with Gasteiger partial charge in [0, 0.05) is 17.8 Å². The highest BCUT2D eigenvalue weighted by molar-refractivity contribution is 6.30. The Kier molecular flexibility index (Phi) is 4.10. The van der Waals surface area contributed by atoms with Crippen LogP contribution in [0.3, 0.4) is 0 Å². The van der Waals surface area contributed by atoms with Crippen LogP contribution >= 0.6 is 11.6 Å². The Morgan fingerprint density at radius 2 is 2.11 bits per heavy atom. The summed E-state index contributed by atoms with van der Waals surface area (Å²) in [5.74, 6) is 0.845. The first kappa shape index (κ1) is 13.9. The van der Waals surface area contributed by atoms with Crippen LogP contribution in [0.5, 0.6) is 0 Å². The van der Waals surface area contributed by atoms with Gasteiger partial charge >= 0.3 is 0 Å². The highest BCUT2D eigenvalue weighted by Crippen LogP contribution is 2.21.